The van der Waals surface area contributed by atoms with Crippen LogP contribution in [0.25, 0.3) is 22.3 Å². The van der Waals surface area contributed by atoms with Crippen LogP contribution in [0.3, 0.4) is 0 Å². The first-order valence-corrected chi connectivity index (χ1v) is 7.31. The summed E-state index contributed by atoms with van der Waals surface area (Å²) in [5, 5.41) is 0.560. The van der Waals surface area contributed by atoms with Crippen molar-refractivity contribution in [3.8, 4) is 22.8 Å². The van der Waals surface area contributed by atoms with E-state index < -0.39 is 0 Å². The molecule has 0 unspecified atom stereocenters. The lowest BCUT2D eigenvalue weighted by molar-refractivity contribution is 0.398. The van der Waals surface area contributed by atoms with Crippen molar-refractivity contribution in [1.82, 2.24) is 0 Å². The lowest BCUT2D eigenvalue weighted by atomic mass is 10.0. The van der Waals surface area contributed by atoms with Crippen molar-refractivity contribution in [3.05, 3.63) is 57.7 Å². The Morgan fingerprint density at radius 3 is 2.26 bits per heavy atom. The molecule has 23 heavy (non-hydrogen) atoms. The highest BCUT2D eigenvalue weighted by Crippen LogP contribution is 2.32. The van der Waals surface area contributed by atoms with Crippen LogP contribution in [-0.4, -0.2) is 14.2 Å². The smallest absolute Gasteiger partial charge is 0.235 e. The van der Waals surface area contributed by atoms with Gasteiger partial charge in [0, 0.05) is 5.56 Å². The predicted molar refractivity (Wildman–Crippen MR) is 90.5 cm³/mol. The summed E-state index contributed by atoms with van der Waals surface area (Å²) in [6, 6.07) is 11.2. The molecule has 0 aliphatic carbocycles. The second-order valence-corrected chi connectivity index (χ2v) is 5.48. The monoisotopic (exact) mass is 310 g/mol. The van der Waals surface area contributed by atoms with Gasteiger partial charge in [0.1, 0.15) is 11.3 Å². The van der Waals surface area contributed by atoms with Crippen LogP contribution >= 0.6 is 0 Å². The van der Waals surface area contributed by atoms with E-state index >= 15 is 0 Å². The van der Waals surface area contributed by atoms with Crippen molar-refractivity contribution in [3.63, 3.8) is 0 Å². The molecule has 0 aliphatic heterocycles. The Morgan fingerprint density at radius 1 is 0.957 bits per heavy atom. The molecule has 118 valence electrons. The van der Waals surface area contributed by atoms with E-state index in [0.717, 1.165) is 22.4 Å². The third-order valence-corrected chi connectivity index (χ3v) is 3.85. The topological polar surface area (TPSA) is 48.7 Å². The van der Waals surface area contributed by atoms with Crippen LogP contribution < -0.4 is 14.9 Å². The fraction of sp³-hybridized carbons (Fsp3) is 0.211. The average Bonchev–Trinajstić information content (AvgIpc) is 2.54. The lowest BCUT2D eigenvalue weighted by Gasteiger charge is -2.11. The molecular formula is C19H18O4. The van der Waals surface area contributed by atoms with Gasteiger partial charge in [-0.15, -0.1) is 0 Å². The number of aryl methyl sites for hydroxylation is 2. The number of fused-ring (bicyclic) bond motifs is 1. The van der Waals surface area contributed by atoms with Crippen LogP contribution in [0.15, 0.2) is 45.6 Å². The van der Waals surface area contributed by atoms with Gasteiger partial charge in [-0.2, -0.15) is 0 Å². The molecule has 2 aromatic carbocycles. The minimum absolute atomic E-state index is 0.155. The summed E-state index contributed by atoms with van der Waals surface area (Å²) in [4.78, 5) is 12.8. The van der Waals surface area contributed by atoms with E-state index in [4.69, 9.17) is 13.9 Å². The van der Waals surface area contributed by atoms with Crippen molar-refractivity contribution in [1.29, 1.82) is 0 Å². The average molecular weight is 310 g/mol. The lowest BCUT2D eigenvalue weighted by Crippen LogP contribution is -2.09. The number of rotatable bonds is 3. The molecule has 3 rings (SSSR count). The molecule has 0 atom stereocenters. The van der Waals surface area contributed by atoms with Crippen molar-refractivity contribution in [2.45, 2.75) is 13.8 Å². The standard InChI is InChI=1S/C19H18O4/c1-11-9-12(2)16-15(10-11)23-18(19(22-4)17(16)20)13-5-7-14(21-3)8-6-13/h5-10H,1-4H3. The molecule has 1 aromatic heterocycles. The minimum Gasteiger partial charge on any atom is -0.497 e. The molecule has 0 bridgehead atoms. The van der Waals surface area contributed by atoms with Gasteiger partial charge in [-0.25, -0.2) is 0 Å². The maximum absolute atomic E-state index is 12.8. The quantitative estimate of drug-likeness (QED) is 0.731. The highest BCUT2D eigenvalue weighted by atomic mass is 16.5. The van der Waals surface area contributed by atoms with Gasteiger partial charge in [0.15, 0.2) is 5.76 Å². The fourth-order valence-corrected chi connectivity index (χ4v) is 2.79. The van der Waals surface area contributed by atoms with E-state index in [-0.39, 0.29) is 11.2 Å². The van der Waals surface area contributed by atoms with Crippen molar-refractivity contribution < 1.29 is 13.9 Å². The molecule has 0 amide bonds. The van der Waals surface area contributed by atoms with Crippen LogP contribution in [0.5, 0.6) is 11.5 Å². The molecule has 4 heteroatoms. The fourth-order valence-electron chi connectivity index (χ4n) is 2.79. The van der Waals surface area contributed by atoms with Crippen molar-refractivity contribution >= 4 is 11.0 Å². The normalized spacial score (nSPS) is 10.8. The molecular weight excluding hydrogens is 292 g/mol. The Morgan fingerprint density at radius 2 is 1.65 bits per heavy atom. The number of ether oxygens (including phenoxy) is 2. The van der Waals surface area contributed by atoms with E-state index in [1.807, 2.05) is 50.2 Å². The number of hydrogen-bond acceptors (Lipinski definition) is 4. The molecule has 0 saturated carbocycles. The summed E-state index contributed by atoms with van der Waals surface area (Å²) < 4.78 is 16.5. The van der Waals surface area contributed by atoms with Gasteiger partial charge in [0.25, 0.3) is 0 Å². The summed E-state index contributed by atoms with van der Waals surface area (Å²) in [6.45, 7) is 3.88. The molecule has 0 saturated heterocycles. The van der Waals surface area contributed by atoms with Gasteiger partial charge in [0.2, 0.25) is 11.2 Å². The molecule has 3 aromatic rings. The Kier molecular flexibility index (Phi) is 3.82. The molecule has 0 N–H and O–H groups in total. The highest BCUT2D eigenvalue weighted by Gasteiger charge is 2.18. The van der Waals surface area contributed by atoms with Gasteiger partial charge in [-0.05, 0) is 55.3 Å². The maximum Gasteiger partial charge on any atom is 0.235 e. The van der Waals surface area contributed by atoms with Crippen LogP contribution in [-0.2, 0) is 0 Å². The molecule has 0 fully saturated rings. The molecule has 1 heterocycles. The van der Waals surface area contributed by atoms with Gasteiger partial charge >= 0.3 is 0 Å². The Labute approximate surface area is 134 Å². The van der Waals surface area contributed by atoms with Crippen LogP contribution in [0.2, 0.25) is 0 Å². The van der Waals surface area contributed by atoms with E-state index in [9.17, 15) is 4.79 Å². The number of hydrogen-bond donors (Lipinski definition) is 0. The minimum atomic E-state index is -0.155. The molecule has 4 nitrogen and oxygen atoms in total. The highest BCUT2D eigenvalue weighted by molar-refractivity contribution is 5.85. The summed E-state index contributed by atoms with van der Waals surface area (Å²) in [7, 11) is 3.09. The summed E-state index contributed by atoms with van der Waals surface area (Å²) >= 11 is 0. The summed E-state index contributed by atoms with van der Waals surface area (Å²) in [5.74, 6) is 1.38. The predicted octanol–water partition coefficient (Wildman–Crippen LogP) is 4.09. The Balaban J connectivity index is 2.33. The third-order valence-electron chi connectivity index (χ3n) is 3.85. The first kappa shape index (κ1) is 15.2. The maximum atomic E-state index is 12.8. The van der Waals surface area contributed by atoms with E-state index in [1.165, 1.54) is 7.11 Å². The summed E-state index contributed by atoms with van der Waals surface area (Å²) in [6.07, 6.45) is 0. The second kappa shape index (κ2) is 5.80. The first-order chi connectivity index (χ1) is 11.0. The van der Waals surface area contributed by atoms with E-state index in [0.29, 0.717) is 16.7 Å². The zero-order chi connectivity index (χ0) is 16.6. The molecule has 0 aliphatic rings. The van der Waals surface area contributed by atoms with Gasteiger partial charge < -0.3 is 13.9 Å². The molecule has 0 spiro atoms. The van der Waals surface area contributed by atoms with Gasteiger partial charge in [-0.1, -0.05) is 6.07 Å². The van der Waals surface area contributed by atoms with Gasteiger partial charge in [0.05, 0.1) is 19.6 Å². The van der Waals surface area contributed by atoms with Crippen LogP contribution in [0, 0.1) is 13.8 Å². The Bertz CT molecular complexity index is 921. The number of benzene rings is 2. The zero-order valence-corrected chi connectivity index (χ0v) is 13.6. The number of methoxy groups -OCH3 is 2. The molecule has 0 radical (unpaired) electrons. The van der Waals surface area contributed by atoms with Crippen LogP contribution in [0.1, 0.15) is 11.1 Å². The zero-order valence-electron chi connectivity index (χ0n) is 13.6. The van der Waals surface area contributed by atoms with E-state index in [1.54, 1.807) is 7.11 Å². The Hall–Kier alpha value is -2.75. The SMILES string of the molecule is COc1ccc(-c2oc3cc(C)cc(C)c3c(=O)c2OC)cc1. The third kappa shape index (κ3) is 2.57. The van der Waals surface area contributed by atoms with Crippen molar-refractivity contribution in [2.75, 3.05) is 14.2 Å². The van der Waals surface area contributed by atoms with E-state index in [2.05, 4.69) is 0 Å². The second-order valence-electron chi connectivity index (χ2n) is 5.48. The van der Waals surface area contributed by atoms with Crippen molar-refractivity contribution in [2.24, 2.45) is 0 Å². The summed E-state index contributed by atoms with van der Waals surface area (Å²) in [5.41, 5.74) is 3.11. The van der Waals surface area contributed by atoms with Crippen LogP contribution in [0.4, 0.5) is 0 Å². The largest absolute Gasteiger partial charge is 0.497 e. The first-order valence-electron chi connectivity index (χ1n) is 7.31. The van der Waals surface area contributed by atoms with Gasteiger partial charge in [-0.3, -0.25) is 4.79 Å².